The number of anilines is 4. The van der Waals surface area contributed by atoms with Gasteiger partial charge < -0.3 is 20.6 Å². The van der Waals surface area contributed by atoms with Gasteiger partial charge in [-0.1, -0.05) is 12.6 Å². The molecule has 0 spiro atoms. The van der Waals surface area contributed by atoms with Crippen LogP contribution >= 0.6 is 0 Å². The van der Waals surface area contributed by atoms with Crippen LogP contribution in [0.25, 0.3) is 16.7 Å². The second kappa shape index (κ2) is 11.6. The Labute approximate surface area is 229 Å². The molecule has 0 bridgehead atoms. The number of carbonyl (C=O) groups excluding carboxylic acids is 1. The molecule has 11 nitrogen and oxygen atoms in total. The zero-order valence-electron chi connectivity index (χ0n) is 21.9. The third kappa shape index (κ3) is 5.98. The molecule has 1 aliphatic heterocycles. The summed E-state index contributed by atoms with van der Waals surface area (Å²) in [6.07, 6.45) is 3.47. The van der Waals surface area contributed by atoms with Crippen molar-refractivity contribution in [1.29, 1.82) is 0 Å². The maximum absolute atomic E-state index is 15.1. The molecule has 2 aromatic carbocycles. The number of carbonyl (C=O) groups is 1. The number of aromatic nitrogens is 4. The van der Waals surface area contributed by atoms with E-state index in [1.165, 1.54) is 24.7 Å². The Kier molecular flexibility index (Phi) is 7.80. The third-order valence-electron chi connectivity index (χ3n) is 6.55. The number of aliphatic hydroxyl groups is 1. The van der Waals surface area contributed by atoms with Gasteiger partial charge in [0.15, 0.2) is 5.65 Å². The number of piperazine rings is 1. The van der Waals surface area contributed by atoms with Gasteiger partial charge in [0.05, 0.1) is 17.5 Å². The first-order valence-electron chi connectivity index (χ1n) is 12.8. The lowest BCUT2D eigenvalue weighted by Crippen LogP contribution is -2.48. The van der Waals surface area contributed by atoms with Gasteiger partial charge in [-0.2, -0.15) is 9.97 Å². The first kappa shape index (κ1) is 26.9. The topological polar surface area (TPSA) is 129 Å². The maximum atomic E-state index is 15.1. The number of nitrogens with zero attached hydrogens (tertiary/aromatic N) is 6. The number of benzene rings is 2. The highest BCUT2D eigenvalue weighted by Crippen LogP contribution is 2.26. The smallest absolute Gasteiger partial charge is 0.283 e. The number of rotatable bonds is 8. The van der Waals surface area contributed by atoms with Gasteiger partial charge >= 0.3 is 0 Å². The molecular weight excluding hydrogens is 515 g/mol. The average molecular weight is 545 g/mol. The Morgan fingerprint density at radius 2 is 1.95 bits per heavy atom. The molecule has 3 heterocycles. The average Bonchev–Trinajstić information content (AvgIpc) is 2.94. The van der Waals surface area contributed by atoms with Crippen molar-refractivity contribution in [3.8, 4) is 5.69 Å². The van der Waals surface area contributed by atoms with Crippen LogP contribution in [-0.2, 0) is 4.79 Å². The second-order valence-electron chi connectivity index (χ2n) is 9.52. The summed E-state index contributed by atoms with van der Waals surface area (Å²) in [5, 5.41) is 15.4. The number of nitrogens with one attached hydrogen (secondary N) is 2. The van der Waals surface area contributed by atoms with Gasteiger partial charge in [0.1, 0.15) is 17.5 Å². The molecule has 1 saturated heterocycles. The molecule has 206 valence electrons. The molecule has 0 saturated carbocycles. The number of β-amino-alcohol motifs (C(OH)–C–C–N with tert-alkyl or cyclic N) is 1. The highest BCUT2D eigenvalue weighted by molar-refractivity contribution is 5.99. The molecule has 3 N–H and O–H groups in total. The number of halogens is 1. The van der Waals surface area contributed by atoms with E-state index < -0.39 is 11.4 Å². The molecule has 4 aromatic rings. The summed E-state index contributed by atoms with van der Waals surface area (Å²) in [7, 11) is 0. The van der Waals surface area contributed by atoms with Crippen molar-refractivity contribution in [2.45, 2.75) is 13.0 Å². The van der Waals surface area contributed by atoms with Crippen LogP contribution in [0, 0.1) is 5.82 Å². The summed E-state index contributed by atoms with van der Waals surface area (Å²) in [5.41, 5.74) is 1.83. The first-order chi connectivity index (χ1) is 19.3. The normalized spacial score (nSPS) is 14.6. The minimum absolute atomic E-state index is 0.0985. The van der Waals surface area contributed by atoms with Crippen molar-refractivity contribution in [3.05, 3.63) is 83.8 Å². The van der Waals surface area contributed by atoms with Gasteiger partial charge in [0, 0.05) is 50.3 Å². The van der Waals surface area contributed by atoms with Crippen molar-refractivity contribution in [2.75, 3.05) is 48.3 Å². The lowest BCUT2D eigenvalue weighted by molar-refractivity contribution is -0.111. The van der Waals surface area contributed by atoms with Gasteiger partial charge in [-0.25, -0.2) is 9.37 Å². The van der Waals surface area contributed by atoms with Crippen LogP contribution in [0.5, 0.6) is 0 Å². The molecule has 1 aliphatic rings. The van der Waals surface area contributed by atoms with E-state index in [1.54, 1.807) is 41.8 Å². The monoisotopic (exact) mass is 544 g/mol. The summed E-state index contributed by atoms with van der Waals surface area (Å²) in [6, 6.07) is 11.9. The van der Waals surface area contributed by atoms with Crippen LogP contribution in [-0.4, -0.2) is 74.3 Å². The van der Waals surface area contributed by atoms with Crippen LogP contribution in [0.4, 0.5) is 27.4 Å². The number of amides is 1. The van der Waals surface area contributed by atoms with Crippen molar-refractivity contribution in [2.24, 2.45) is 0 Å². The van der Waals surface area contributed by atoms with E-state index in [0.717, 1.165) is 31.9 Å². The summed E-state index contributed by atoms with van der Waals surface area (Å²) in [5.74, 6) is -0.729. The van der Waals surface area contributed by atoms with Crippen LogP contribution in [0.15, 0.2) is 72.4 Å². The van der Waals surface area contributed by atoms with Gasteiger partial charge in [-0.15, -0.1) is 0 Å². The van der Waals surface area contributed by atoms with E-state index in [9.17, 15) is 14.7 Å². The molecule has 5 rings (SSSR count). The van der Waals surface area contributed by atoms with Crippen molar-refractivity contribution < 1.29 is 14.3 Å². The molecule has 40 heavy (non-hydrogen) atoms. The molecule has 1 fully saturated rings. The van der Waals surface area contributed by atoms with Crippen molar-refractivity contribution in [1.82, 2.24) is 24.4 Å². The van der Waals surface area contributed by atoms with Gasteiger partial charge in [-0.3, -0.25) is 19.1 Å². The number of fused-ring (bicyclic) bond motifs is 1. The van der Waals surface area contributed by atoms with Crippen LogP contribution in [0.2, 0.25) is 0 Å². The fourth-order valence-corrected chi connectivity index (χ4v) is 4.60. The Morgan fingerprint density at radius 1 is 1.15 bits per heavy atom. The third-order valence-corrected chi connectivity index (χ3v) is 6.55. The quantitative estimate of drug-likeness (QED) is 0.287. The SMILES string of the molecule is C=CC(=O)Nc1cccc(-n2cnc(=O)c3cnc(Nc4ccc(N5CCN(C[C@H](C)O)CC5)cc4F)nc32)c1. The highest BCUT2D eigenvalue weighted by Gasteiger charge is 2.19. The fourth-order valence-electron chi connectivity index (χ4n) is 4.60. The van der Waals surface area contributed by atoms with Crippen molar-refractivity contribution in [3.63, 3.8) is 0 Å². The Bertz CT molecular complexity index is 1620. The molecule has 0 unspecified atom stereocenters. The van der Waals surface area contributed by atoms with Gasteiger partial charge in [0.25, 0.3) is 5.56 Å². The van der Waals surface area contributed by atoms with Crippen LogP contribution in [0.1, 0.15) is 6.92 Å². The van der Waals surface area contributed by atoms with E-state index in [4.69, 9.17) is 0 Å². The molecule has 1 amide bonds. The Balaban J connectivity index is 1.39. The minimum atomic E-state index is -0.502. The van der Waals surface area contributed by atoms with E-state index in [0.29, 0.717) is 17.9 Å². The standard InChI is InChI=1S/C28H29FN8O3/c1-3-25(39)32-19-5-4-6-21(13-19)37-17-31-27(40)22-15-30-28(34-26(22)37)33-24-8-7-20(14-23(24)29)36-11-9-35(10-12-36)16-18(2)38/h3-8,13-15,17-18,38H,1,9-12,16H2,2H3,(H,32,39)(H,30,33,34)/t18-/m0/s1. The first-order valence-corrected chi connectivity index (χ1v) is 12.8. The van der Waals surface area contributed by atoms with E-state index in [2.05, 4.69) is 42.0 Å². The summed E-state index contributed by atoms with van der Waals surface area (Å²) in [4.78, 5) is 41.1. The number of hydrogen-bond acceptors (Lipinski definition) is 9. The summed E-state index contributed by atoms with van der Waals surface area (Å²) in [6.45, 7) is 8.89. The summed E-state index contributed by atoms with van der Waals surface area (Å²) < 4.78 is 16.7. The van der Waals surface area contributed by atoms with Crippen molar-refractivity contribution >= 4 is 40.0 Å². The van der Waals surface area contributed by atoms with Crippen LogP contribution in [0.3, 0.4) is 0 Å². The summed E-state index contributed by atoms with van der Waals surface area (Å²) >= 11 is 0. The van der Waals surface area contributed by atoms with E-state index in [1.807, 2.05) is 6.07 Å². The lowest BCUT2D eigenvalue weighted by Gasteiger charge is -2.36. The minimum Gasteiger partial charge on any atom is -0.392 e. The molecule has 1 atom stereocenters. The second-order valence-corrected chi connectivity index (χ2v) is 9.52. The zero-order chi connectivity index (χ0) is 28.2. The molecule has 0 radical (unpaired) electrons. The fraction of sp³-hybridized carbons (Fsp3) is 0.250. The van der Waals surface area contributed by atoms with E-state index in [-0.39, 0.29) is 34.7 Å². The Morgan fingerprint density at radius 3 is 2.67 bits per heavy atom. The maximum Gasteiger partial charge on any atom is 0.283 e. The zero-order valence-corrected chi connectivity index (χ0v) is 21.9. The Hall–Kier alpha value is -4.68. The van der Waals surface area contributed by atoms with Crippen LogP contribution < -0.4 is 21.1 Å². The van der Waals surface area contributed by atoms with E-state index >= 15 is 4.39 Å². The molecule has 0 aliphatic carbocycles. The predicted octanol–water partition coefficient (Wildman–Crippen LogP) is 2.69. The number of hydrogen-bond donors (Lipinski definition) is 3. The highest BCUT2D eigenvalue weighted by atomic mass is 19.1. The van der Waals surface area contributed by atoms with Gasteiger partial charge in [-0.05, 0) is 49.4 Å². The largest absolute Gasteiger partial charge is 0.392 e. The predicted molar refractivity (Wildman–Crippen MR) is 152 cm³/mol. The number of aliphatic hydroxyl groups excluding tert-OH is 1. The molecule has 12 heteroatoms. The molecular formula is C28H29FN8O3. The lowest BCUT2D eigenvalue weighted by atomic mass is 10.2. The van der Waals surface area contributed by atoms with Gasteiger partial charge in [0.2, 0.25) is 11.9 Å². The molecule has 2 aromatic heterocycles.